The van der Waals surface area contributed by atoms with Crippen molar-refractivity contribution < 1.29 is 9.53 Å². The van der Waals surface area contributed by atoms with Gasteiger partial charge in [-0.25, -0.2) is 0 Å². The van der Waals surface area contributed by atoms with Crippen LogP contribution in [0.5, 0.6) is 0 Å². The lowest BCUT2D eigenvalue weighted by atomic mass is 10.0. The number of Topliss-reactive ketones (excluding diaryl/α,β-unsaturated/α-hetero) is 1. The molecule has 170 valence electrons. The fourth-order valence-corrected chi connectivity index (χ4v) is 3.89. The van der Waals surface area contributed by atoms with Gasteiger partial charge < -0.3 is 15.4 Å². The molecule has 0 saturated carbocycles. The maximum atomic E-state index is 11.8. The van der Waals surface area contributed by atoms with Crippen molar-refractivity contribution in [1.29, 1.82) is 0 Å². The van der Waals surface area contributed by atoms with Crippen molar-refractivity contribution in [2.24, 2.45) is 0 Å². The summed E-state index contributed by atoms with van der Waals surface area (Å²) in [7, 11) is 0. The van der Waals surface area contributed by atoms with E-state index in [-0.39, 0.29) is 5.78 Å². The molecule has 2 N–H and O–H groups in total. The topological polar surface area (TPSA) is 93.4 Å². The van der Waals surface area contributed by atoms with Gasteiger partial charge in [-0.15, -0.1) is 0 Å². The van der Waals surface area contributed by atoms with Crippen molar-refractivity contribution in [3.05, 3.63) is 47.2 Å². The normalized spacial score (nSPS) is 14.8. The first-order valence-electron chi connectivity index (χ1n) is 11.5. The molecular weight excluding hydrogens is 404 g/mol. The van der Waals surface area contributed by atoms with Crippen LogP contribution in [0.2, 0.25) is 0 Å². The number of carbonyl (C=O) groups is 1. The molecule has 0 radical (unpaired) electrons. The van der Waals surface area contributed by atoms with Crippen molar-refractivity contribution in [1.82, 2.24) is 19.6 Å². The summed E-state index contributed by atoms with van der Waals surface area (Å²) >= 11 is 0. The summed E-state index contributed by atoms with van der Waals surface area (Å²) in [4.78, 5) is 21.3. The van der Waals surface area contributed by atoms with E-state index in [9.17, 15) is 4.79 Å². The quantitative estimate of drug-likeness (QED) is 0.524. The Balaban J connectivity index is 1.58. The number of ether oxygens (including phenoxy) is 1. The first-order chi connectivity index (χ1) is 15.5. The summed E-state index contributed by atoms with van der Waals surface area (Å²) in [6.45, 7) is 8.27. The van der Waals surface area contributed by atoms with Crippen molar-refractivity contribution in [2.45, 2.75) is 65.0 Å². The van der Waals surface area contributed by atoms with Crippen LogP contribution >= 0.6 is 0 Å². The molecule has 1 aliphatic heterocycles. The monoisotopic (exact) mass is 436 g/mol. The second-order valence-corrected chi connectivity index (χ2v) is 8.63. The van der Waals surface area contributed by atoms with E-state index in [0.717, 1.165) is 48.4 Å². The van der Waals surface area contributed by atoms with Gasteiger partial charge >= 0.3 is 0 Å². The van der Waals surface area contributed by atoms with E-state index < -0.39 is 0 Å². The predicted molar refractivity (Wildman–Crippen MR) is 125 cm³/mol. The molecule has 4 rings (SSSR count). The fourth-order valence-electron chi connectivity index (χ4n) is 3.89. The molecule has 8 heteroatoms. The highest BCUT2D eigenvalue weighted by molar-refractivity contribution is 5.80. The lowest BCUT2D eigenvalue weighted by Gasteiger charge is -2.23. The third-order valence-electron chi connectivity index (χ3n) is 5.81. The van der Waals surface area contributed by atoms with Gasteiger partial charge in [0.05, 0.1) is 6.20 Å². The van der Waals surface area contributed by atoms with Crippen LogP contribution in [0.25, 0.3) is 5.65 Å². The molecular formula is C24H32N6O2. The maximum absolute atomic E-state index is 11.8. The van der Waals surface area contributed by atoms with Crippen molar-refractivity contribution >= 4 is 23.3 Å². The average Bonchev–Trinajstić information content (AvgIpc) is 3.23. The zero-order chi connectivity index (χ0) is 22.5. The Morgan fingerprint density at radius 2 is 2.00 bits per heavy atom. The van der Waals surface area contributed by atoms with Crippen molar-refractivity contribution in [2.75, 3.05) is 23.8 Å². The first kappa shape index (κ1) is 22.2. The number of hydrogen-bond donors (Lipinski definition) is 2. The van der Waals surface area contributed by atoms with Crippen LogP contribution in [0.1, 0.15) is 62.6 Å². The Morgan fingerprint density at radius 1 is 1.22 bits per heavy atom. The standard InChI is InChI=1S/C24H32N6O2/c1-4-20(31)13-17-6-5-7-18(12-17)14-25-24-29-23(27-19-8-10-32-11-9-19)28-22-21(16(2)3)15-26-30(22)24/h5-7,12,15-16,19H,4,8-11,13-14H2,1-3H3,(H2,25,27,28,29). The third-order valence-corrected chi connectivity index (χ3v) is 5.81. The van der Waals surface area contributed by atoms with Gasteiger partial charge in [0.2, 0.25) is 11.9 Å². The summed E-state index contributed by atoms with van der Waals surface area (Å²) in [5.41, 5.74) is 4.03. The lowest BCUT2D eigenvalue weighted by molar-refractivity contribution is -0.118. The number of hydrogen-bond acceptors (Lipinski definition) is 7. The predicted octanol–water partition coefficient (Wildman–Crippen LogP) is 3.97. The molecule has 1 fully saturated rings. The molecule has 8 nitrogen and oxygen atoms in total. The van der Waals surface area contributed by atoms with E-state index in [4.69, 9.17) is 14.7 Å². The van der Waals surface area contributed by atoms with Crippen molar-refractivity contribution in [3.8, 4) is 0 Å². The van der Waals surface area contributed by atoms with Crippen LogP contribution in [-0.2, 0) is 22.5 Å². The molecule has 0 unspecified atom stereocenters. The smallest absolute Gasteiger partial charge is 0.229 e. The first-order valence-corrected chi connectivity index (χ1v) is 11.5. The van der Waals surface area contributed by atoms with Gasteiger partial charge in [0.1, 0.15) is 5.78 Å². The minimum Gasteiger partial charge on any atom is -0.381 e. The molecule has 0 bridgehead atoms. The van der Waals surface area contributed by atoms with E-state index in [1.165, 1.54) is 0 Å². The van der Waals surface area contributed by atoms with Gasteiger partial charge in [0.15, 0.2) is 5.65 Å². The van der Waals surface area contributed by atoms with Crippen molar-refractivity contribution in [3.63, 3.8) is 0 Å². The number of rotatable bonds is 9. The highest BCUT2D eigenvalue weighted by Gasteiger charge is 2.19. The third kappa shape index (κ3) is 5.24. The number of fused-ring (bicyclic) bond motifs is 1. The highest BCUT2D eigenvalue weighted by atomic mass is 16.5. The number of benzene rings is 1. The molecule has 32 heavy (non-hydrogen) atoms. The zero-order valence-corrected chi connectivity index (χ0v) is 19.1. The van der Waals surface area contributed by atoms with Crippen LogP contribution in [-0.4, -0.2) is 44.6 Å². The second-order valence-electron chi connectivity index (χ2n) is 8.63. The summed E-state index contributed by atoms with van der Waals surface area (Å²) in [6.07, 6.45) is 4.78. The average molecular weight is 437 g/mol. The number of nitrogens with one attached hydrogen (secondary N) is 2. The van der Waals surface area contributed by atoms with Crippen LogP contribution in [0.3, 0.4) is 0 Å². The van der Waals surface area contributed by atoms with Crippen LogP contribution in [0, 0.1) is 0 Å². The molecule has 1 aromatic carbocycles. The molecule has 0 atom stereocenters. The Morgan fingerprint density at radius 3 is 2.75 bits per heavy atom. The summed E-state index contributed by atoms with van der Waals surface area (Å²) in [5.74, 6) is 1.80. The molecule has 2 aromatic heterocycles. The van der Waals surface area contributed by atoms with E-state index >= 15 is 0 Å². The number of nitrogens with zero attached hydrogens (tertiary/aromatic N) is 4. The molecule has 1 saturated heterocycles. The van der Waals surface area contributed by atoms with E-state index in [2.05, 4.69) is 41.7 Å². The minimum absolute atomic E-state index is 0.245. The summed E-state index contributed by atoms with van der Waals surface area (Å²) in [5, 5.41) is 11.5. The number of anilines is 2. The van der Waals surface area contributed by atoms with Crippen LogP contribution in [0.4, 0.5) is 11.9 Å². The van der Waals surface area contributed by atoms with Crippen LogP contribution < -0.4 is 10.6 Å². The van der Waals surface area contributed by atoms with Gasteiger partial charge in [-0.1, -0.05) is 45.0 Å². The largest absolute Gasteiger partial charge is 0.381 e. The van der Waals surface area contributed by atoms with E-state index in [0.29, 0.717) is 43.2 Å². The molecule has 0 aliphatic carbocycles. The Hall–Kier alpha value is -3.00. The Kier molecular flexibility index (Phi) is 6.99. The number of ketones is 1. The molecule has 3 aromatic rings. The minimum atomic E-state index is 0.245. The van der Waals surface area contributed by atoms with Gasteiger partial charge in [0.25, 0.3) is 0 Å². The van der Waals surface area contributed by atoms with Gasteiger partial charge in [-0.3, -0.25) is 4.79 Å². The molecule has 1 aliphatic rings. The van der Waals surface area contributed by atoms with E-state index in [1.807, 2.05) is 25.3 Å². The fraction of sp³-hybridized carbons (Fsp3) is 0.500. The molecule has 0 amide bonds. The Bertz CT molecular complexity index is 1070. The SMILES string of the molecule is CCC(=O)Cc1cccc(CNc2nc(NC3CCOCC3)nc3c(C(C)C)cnn23)c1. The molecule has 0 spiro atoms. The lowest BCUT2D eigenvalue weighted by Crippen LogP contribution is -2.29. The summed E-state index contributed by atoms with van der Waals surface area (Å²) < 4.78 is 7.24. The number of carbonyl (C=O) groups excluding carboxylic acids is 1. The van der Waals surface area contributed by atoms with Crippen LogP contribution in [0.15, 0.2) is 30.5 Å². The maximum Gasteiger partial charge on any atom is 0.229 e. The molecule has 3 heterocycles. The highest BCUT2D eigenvalue weighted by Crippen LogP contribution is 2.23. The zero-order valence-electron chi connectivity index (χ0n) is 19.1. The van der Waals surface area contributed by atoms with Gasteiger partial charge in [-0.2, -0.15) is 19.6 Å². The second kappa shape index (κ2) is 10.1. The number of aromatic nitrogens is 4. The van der Waals surface area contributed by atoms with Gasteiger partial charge in [0, 0.05) is 44.2 Å². The summed E-state index contributed by atoms with van der Waals surface area (Å²) in [6, 6.07) is 8.42. The van der Waals surface area contributed by atoms with Gasteiger partial charge in [-0.05, 0) is 29.9 Å². The Labute approximate surface area is 188 Å². The van der Waals surface area contributed by atoms with E-state index in [1.54, 1.807) is 4.52 Å².